The Balaban J connectivity index is 1.60. The van der Waals surface area contributed by atoms with Crippen molar-refractivity contribution in [2.24, 2.45) is 0 Å². The van der Waals surface area contributed by atoms with E-state index in [9.17, 15) is 24.0 Å². The topological polar surface area (TPSA) is 135 Å². The van der Waals surface area contributed by atoms with Crippen molar-refractivity contribution < 1.29 is 42.5 Å². The molecule has 0 fully saturated rings. The summed E-state index contributed by atoms with van der Waals surface area (Å²) in [4.78, 5) is 61.9. The Labute approximate surface area is 263 Å². The second-order valence-corrected chi connectivity index (χ2v) is 10.6. The van der Waals surface area contributed by atoms with E-state index in [4.69, 9.17) is 23.4 Å². The molecule has 0 N–H and O–H groups in total. The van der Waals surface area contributed by atoms with Gasteiger partial charge in [0.1, 0.15) is 11.3 Å². The Bertz CT molecular complexity index is 1470. The number of rotatable bonds is 19. The molecule has 45 heavy (non-hydrogen) atoms. The molecular weight excluding hydrogens is 580 g/mol. The quantitative estimate of drug-likeness (QED) is 0.0775. The van der Waals surface area contributed by atoms with Gasteiger partial charge >= 0.3 is 23.9 Å². The van der Waals surface area contributed by atoms with Crippen LogP contribution in [0.1, 0.15) is 90.9 Å². The second kappa shape index (κ2) is 19.0. The van der Waals surface area contributed by atoms with Crippen molar-refractivity contribution >= 4 is 34.8 Å². The van der Waals surface area contributed by atoms with Crippen LogP contribution in [0.2, 0.25) is 0 Å². The Kier molecular flexibility index (Phi) is 14.8. The largest absolute Gasteiger partial charge is 0.466 e. The zero-order valence-electron chi connectivity index (χ0n) is 26.1. The average Bonchev–Trinajstić information content (AvgIpc) is 3.03. The molecule has 0 aliphatic carbocycles. The maximum atomic E-state index is 13.4. The maximum Gasteiger partial charge on any atom is 0.311 e. The predicted octanol–water partition coefficient (Wildman–Crippen LogP) is 7.08. The second-order valence-electron chi connectivity index (χ2n) is 10.6. The van der Waals surface area contributed by atoms with Crippen molar-refractivity contribution in [2.45, 2.75) is 90.9 Å². The summed E-state index contributed by atoms with van der Waals surface area (Å²) in [5.74, 6) is -1.52. The van der Waals surface area contributed by atoms with Gasteiger partial charge in [0.15, 0.2) is 5.76 Å². The molecule has 0 aliphatic rings. The van der Waals surface area contributed by atoms with Crippen LogP contribution in [0.15, 0.2) is 57.7 Å². The molecule has 1 aromatic heterocycles. The first kappa shape index (κ1) is 35.0. The summed E-state index contributed by atoms with van der Waals surface area (Å²) < 4.78 is 27.2. The monoisotopic (exact) mass is 622 g/mol. The lowest BCUT2D eigenvalue weighted by Gasteiger charge is -2.11. The van der Waals surface area contributed by atoms with E-state index < -0.39 is 17.4 Å². The van der Waals surface area contributed by atoms with Crippen molar-refractivity contribution in [3.8, 4) is 22.8 Å². The first-order chi connectivity index (χ1) is 21.8. The third-order valence-electron chi connectivity index (χ3n) is 6.87. The van der Waals surface area contributed by atoms with Crippen molar-refractivity contribution in [1.29, 1.82) is 0 Å². The highest BCUT2D eigenvalue weighted by Gasteiger charge is 2.21. The molecule has 0 bridgehead atoms. The van der Waals surface area contributed by atoms with E-state index in [2.05, 4.69) is 0 Å². The molecule has 242 valence electrons. The third kappa shape index (κ3) is 11.9. The molecule has 10 heteroatoms. The van der Waals surface area contributed by atoms with E-state index in [1.54, 1.807) is 48.5 Å². The zero-order chi connectivity index (χ0) is 32.4. The predicted molar refractivity (Wildman–Crippen MR) is 168 cm³/mol. The molecule has 2 aromatic carbocycles. The first-order valence-corrected chi connectivity index (χ1v) is 15.7. The molecule has 0 aliphatic heterocycles. The molecule has 10 nitrogen and oxygen atoms in total. The highest BCUT2D eigenvalue weighted by atomic mass is 16.5. The number of carbonyl (C=O) groups excluding carboxylic acids is 4. The van der Waals surface area contributed by atoms with Crippen LogP contribution in [-0.4, -0.2) is 37.1 Å². The molecular formula is C35H42O10. The molecule has 0 saturated carbocycles. The van der Waals surface area contributed by atoms with Gasteiger partial charge in [-0.25, -0.2) is 0 Å². The van der Waals surface area contributed by atoms with E-state index in [1.165, 1.54) is 0 Å². The Hall–Kier alpha value is -4.47. The van der Waals surface area contributed by atoms with Gasteiger partial charge in [-0.15, -0.1) is 0 Å². The Morgan fingerprint density at radius 3 is 1.69 bits per heavy atom. The van der Waals surface area contributed by atoms with Gasteiger partial charge in [0.05, 0.1) is 18.6 Å². The number of benzene rings is 2. The first-order valence-electron chi connectivity index (χ1n) is 15.7. The molecule has 0 saturated heterocycles. The fourth-order valence-electron chi connectivity index (χ4n) is 4.31. The van der Waals surface area contributed by atoms with Gasteiger partial charge < -0.3 is 23.4 Å². The normalized spacial score (nSPS) is 10.8. The van der Waals surface area contributed by atoms with Gasteiger partial charge in [0.2, 0.25) is 11.2 Å². The van der Waals surface area contributed by atoms with Crippen molar-refractivity contribution in [3.63, 3.8) is 0 Å². The van der Waals surface area contributed by atoms with E-state index in [-0.39, 0.29) is 60.3 Å². The summed E-state index contributed by atoms with van der Waals surface area (Å²) in [5.41, 5.74) is 0.268. The minimum absolute atomic E-state index is 0.00286. The molecule has 0 unspecified atom stereocenters. The highest BCUT2D eigenvalue weighted by molar-refractivity contribution is 5.84. The standard InChI is InChI=1S/C35H42O10/c1-3-5-23-41-29(36)15-9-11-17-31(38)43-26-21-19-25(20-22-26)34-35(33(40)27-13-7-8-14-28(27)44-34)45-32(39)18-12-10-16-30(37)42-24-6-4-2/h7-8,13-14,19-22H,3-6,9-12,15-18,23-24H2,1-2H3. The van der Waals surface area contributed by atoms with Gasteiger partial charge in [-0.1, -0.05) is 38.8 Å². The number of fused-ring (bicyclic) bond motifs is 1. The lowest BCUT2D eigenvalue weighted by molar-refractivity contribution is -0.144. The van der Waals surface area contributed by atoms with Gasteiger partial charge in [-0.05, 0) is 74.9 Å². The highest BCUT2D eigenvalue weighted by Crippen LogP contribution is 2.32. The molecule has 0 atom stereocenters. The number of hydrogen-bond acceptors (Lipinski definition) is 10. The minimum Gasteiger partial charge on any atom is -0.466 e. The fraction of sp³-hybridized carbons (Fsp3) is 0.457. The molecule has 0 amide bonds. The number of para-hydroxylation sites is 1. The number of carbonyl (C=O) groups is 4. The van der Waals surface area contributed by atoms with Crippen molar-refractivity contribution in [1.82, 2.24) is 0 Å². The summed E-state index contributed by atoms with van der Waals surface area (Å²) in [6.07, 6.45) is 5.96. The number of hydrogen-bond donors (Lipinski definition) is 0. The summed E-state index contributed by atoms with van der Waals surface area (Å²) in [6, 6.07) is 13.0. The van der Waals surface area contributed by atoms with Crippen LogP contribution in [0.25, 0.3) is 22.3 Å². The van der Waals surface area contributed by atoms with Crippen LogP contribution >= 0.6 is 0 Å². The van der Waals surface area contributed by atoms with E-state index in [0.29, 0.717) is 50.0 Å². The van der Waals surface area contributed by atoms with Crippen LogP contribution in [0, 0.1) is 0 Å². The summed E-state index contributed by atoms with van der Waals surface area (Å²) >= 11 is 0. The van der Waals surface area contributed by atoms with Crippen LogP contribution in [-0.2, 0) is 28.7 Å². The zero-order valence-corrected chi connectivity index (χ0v) is 26.1. The number of esters is 4. The van der Waals surface area contributed by atoms with Crippen LogP contribution < -0.4 is 14.9 Å². The van der Waals surface area contributed by atoms with Gasteiger partial charge in [0.25, 0.3) is 0 Å². The Morgan fingerprint density at radius 1 is 0.622 bits per heavy atom. The van der Waals surface area contributed by atoms with E-state index >= 15 is 0 Å². The van der Waals surface area contributed by atoms with Crippen LogP contribution in [0.3, 0.4) is 0 Å². The lowest BCUT2D eigenvalue weighted by Crippen LogP contribution is -2.16. The lowest BCUT2D eigenvalue weighted by atomic mass is 10.1. The summed E-state index contributed by atoms with van der Waals surface area (Å²) in [5, 5.41) is 0.263. The summed E-state index contributed by atoms with van der Waals surface area (Å²) in [6.45, 7) is 4.83. The molecule has 3 aromatic rings. The van der Waals surface area contributed by atoms with Crippen LogP contribution in [0.4, 0.5) is 0 Å². The van der Waals surface area contributed by atoms with Gasteiger partial charge in [-0.3, -0.25) is 24.0 Å². The van der Waals surface area contributed by atoms with Crippen molar-refractivity contribution in [2.75, 3.05) is 13.2 Å². The van der Waals surface area contributed by atoms with Gasteiger partial charge in [0, 0.05) is 31.2 Å². The fourth-order valence-corrected chi connectivity index (χ4v) is 4.31. The van der Waals surface area contributed by atoms with Crippen LogP contribution in [0.5, 0.6) is 11.5 Å². The maximum absolute atomic E-state index is 13.4. The summed E-state index contributed by atoms with van der Waals surface area (Å²) in [7, 11) is 0. The van der Waals surface area contributed by atoms with Crippen molar-refractivity contribution in [3.05, 3.63) is 58.8 Å². The minimum atomic E-state index is -0.627. The SMILES string of the molecule is CCCCOC(=O)CCCCC(=O)Oc1ccc(-c2oc3ccccc3c(=O)c2OC(=O)CCCCC(=O)OCCCC)cc1. The van der Waals surface area contributed by atoms with Gasteiger partial charge in [-0.2, -0.15) is 0 Å². The molecule has 1 heterocycles. The number of ether oxygens (including phenoxy) is 4. The van der Waals surface area contributed by atoms with E-state index in [0.717, 1.165) is 25.7 Å². The Morgan fingerprint density at radius 2 is 1.13 bits per heavy atom. The molecule has 0 spiro atoms. The smallest absolute Gasteiger partial charge is 0.311 e. The average molecular weight is 623 g/mol. The molecule has 0 radical (unpaired) electrons. The molecule has 3 rings (SSSR count). The number of unbranched alkanes of at least 4 members (excludes halogenated alkanes) is 4. The third-order valence-corrected chi connectivity index (χ3v) is 6.87. The van der Waals surface area contributed by atoms with E-state index in [1.807, 2.05) is 13.8 Å².